The molecule has 9 heteroatoms. The molecule has 2 aromatic rings. The van der Waals surface area contributed by atoms with Crippen molar-refractivity contribution in [3.05, 3.63) is 90.9 Å². The molecular weight excluding hydrogens is 640 g/mol. The second-order valence-electron chi connectivity index (χ2n) is 14.7. The van der Waals surface area contributed by atoms with Gasteiger partial charge in [-0.15, -0.1) is 0 Å². The molecular formula is C42H54N4O5. The molecule has 51 heavy (non-hydrogen) atoms. The zero-order chi connectivity index (χ0) is 36.7. The van der Waals surface area contributed by atoms with E-state index in [1.54, 1.807) is 0 Å². The molecule has 0 spiro atoms. The number of allylic oxidation sites excluding steroid dienone is 3. The standard InChI is InChI=1S/C42H54N4O5/c1-10-13-21(4)16-17-51-35(47)15-14-28-24(7)31-18-29-22(5)26(11-2)33(43-29)19-30-23(6)27(12-3)34(44-30)20-32-25(8)36-40(46-32)37(39(28)45-31)38(41(36)48)42(49)50-9/h11,16,18-20,24-25,28,32,38-39,43-46,48H,2,10,12-15,17H2,1,3-9H3/b21-16+,30-19-,31-18-,34-20-/t24-,25?,28-,32?,38+,39-/m0/s1. The quantitative estimate of drug-likeness (QED) is 0.155. The molecule has 1 aliphatic carbocycles. The molecule has 272 valence electrons. The summed E-state index contributed by atoms with van der Waals surface area (Å²) in [4.78, 5) is 34.0. The van der Waals surface area contributed by atoms with E-state index in [0.717, 1.165) is 75.0 Å². The molecule has 2 unspecified atom stereocenters. The molecule has 0 saturated carbocycles. The summed E-state index contributed by atoms with van der Waals surface area (Å²) in [6.45, 7) is 19.3. The van der Waals surface area contributed by atoms with E-state index in [9.17, 15) is 14.7 Å². The number of aliphatic hydroxyl groups is 1. The number of nitrogens with one attached hydrogen (secondary N) is 4. The molecule has 0 radical (unpaired) electrons. The summed E-state index contributed by atoms with van der Waals surface area (Å²) in [7, 11) is 1.36. The van der Waals surface area contributed by atoms with E-state index >= 15 is 0 Å². The number of ether oxygens (including phenoxy) is 2. The number of methoxy groups -OCH3 is 1. The number of rotatable bonds is 10. The van der Waals surface area contributed by atoms with Crippen LogP contribution in [-0.4, -0.2) is 52.8 Å². The molecule has 5 N–H and O–H groups in total. The Kier molecular flexibility index (Phi) is 10.3. The average Bonchev–Trinajstić information content (AvgIpc) is 3.84. The van der Waals surface area contributed by atoms with Crippen molar-refractivity contribution in [3.63, 3.8) is 0 Å². The van der Waals surface area contributed by atoms with Crippen LogP contribution in [0.5, 0.6) is 0 Å². The van der Waals surface area contributed by atoms with E-state index in [1.807, 2.05) is 12.2 Å². The zero-order valence-corrected chi connectivity index (χ0v) is 31.4. The predicted octanol–water partition coefficient (Wildman–Crippen LogP) is 5.90. The molecule has 3 aliphatic heterocycles. The number of carbonyl (C=O) groups excluding carboxylic acids is 2. The fourth-order valence-electron chi connectivity index (χ4n) is 8.74. The average molecular weight is 695 g/mol. The molecule has 6 rings (SSSR count). The van der Waals surface area contributed by atoms with Crippen LogP contribution in [0.4, 0.5) is 0 Å². The minimum absolute atomic E-state index is 0.00818. The number of esters is 2. The van der Waals surface area contributed by atoms with E-state index in [-0.39, 0.29) is 54.6 Å². The first-order valence-corrected chi connectivity index (χ1v) is 18.5. The largest absolute Gasteiger partial charge is 0.511 e. The van der Waals surface area contributed by atoms with Crippen LogP contribution in [0.15, 0.2) is 46.5 Å². The van der Waals surface area contributed by atoms with Gasteiger partial charge >= 0.3 is 11.9 Å². The van der Waals surface area contributed by atoms with Gasteiger partial charge in [0.1, 0.15) is 18.3 Å². The third-order valence-corrected chi connectivity index (χ3v) is 11.7. The highest BCUT2D eigenvalue weighted by molar-refractivity contribution is 5.83. The lowest BCUT2D eigenvalue weighted by atomic mass is 9.80. The molecule has 2 saturated heterocycles. The van der Waals surface area contributed by atoms with Crippen LogP contribution in [0, 0.1) is 37.5 Å². The molecule has 4 aliphatic rings. The van der Waals surface area contributed by atoms with Crippen LogP contribution in [0.1, 0.15) is 93.9 Å². The highest BCUT2D eigenvalue weighted by Crippen LogP contribution is 2.50. The smallest absolute Gasteiger partial charge is 0.320 e. The summed E-state index contributed by atoms with van der Waals surface area (Å²) in [6.07, 6.45) is 14.1. The fraction of sp³-hybridized carbons (Fsp3) is 0.476. The summed E-state index contributed by atoms with van der Waals surface area (Å²) in [5, 5.41) is 21.5. The lowest BCUT2D eigenvalue weighted by molar-refractivity contribution is -0.144. The van der Waals surface area contributed by atoms with Gasteiger partial charge in [-0.25, -0.2) is 0 Å². The SMILES string of the molecule is C=Cc1c2[nH]c(c1C)/C=C1\N[C@H](C3=C4NC(/C=c5\[nH]/c(c(C)c5CC)=C\2)C(C)C4=C(O)[C@@H]3C(=O)OC)[C@@H](CCC(=O)OC/C=C(\C)CCC)[C@@H]1C. The minimum Gasteiger partial charge on any atom is -0.511 e. The molecule has 6 atom stereocenters. The van der Waals surface area contributed by atoms with Crippen molar-refractivity contribution in [2.75, 3.05) is 13.7 Å². The first-order chi connectivity index (χ1) is 24.4. The highest BCUT2D eigenvalue weighted by Gasteiger charge is 2.52. The van der Waals surface area contributed by atoms with Gasteiger partial charge in [0.25, 0.3) is 0 Å². The Balaban J connectivity index is 1.50. The Hall–Kier alpha value is -4.66. The molecule has 5 heterocycles. The normalized spacial score (nSPS) is 27.5. The Morgan fingerprint density at radius 2 is 1.76 bits per heavy atom. The third-order valence-electron chi connectivity index (χ3n) is 11.7. The second-order valence-corrected chi connectivity index (χ2v) is 14.7. The summed E-state index contributed by atoms with van der Waals surface area (Å²) in [6, 6.07) is -0.494. The van der Waals surface area contributed by atoms with Crippen LogP contribution in [-0.2, 0) is 25.5 Å². The lowest BCUT2D eigenvalue weighted by Gasteiger charge is -2.27. The zero-order valence-electron chi connectivity index (χ0n) is 31.4. The van der Waals surface area contributed by atoms with E-state index in [4.69, 9.17) is 9.47 Å². The van der Waals surface area contributed by atoms with Gasteiger partial charge < -0.3 is 35.2 Å². The number of fused-ring (bicyclic) bond motifs is 8. The van der Waals surface area contributed by atoms with Crippen molar-refractivity contribution in [3.8, 4) is 0 Å². The van der Waals surface area contributed by atoms with Gasteiger partial charge in [0.15, 0.2) is 0 Å². The van der Waals surface area contributed by atoms with Crippen molar-refractivity contribution in [2.45, 2.75) is 92.7 Å². The molecule has 0 aromatic carbocycles. The fourth-order valence-corrected chi connectivity index (χ4v) is 8.74. The highest BCUT2D eigenvalue weighted by atomic mass is 16.5. The van der Waals surface area contributed by atoms with Crippen molar-refractivity contribution >= 4 is 36.2 Å². The number of hydrogen-bond acceptors (Lipinski definition) is 7. The van der Waals surface area contributed by atoms with Crippen molar-refractivity contribution in [1.82, 2.24) is 20.6 Å². The summed E-state index contributed by atoms with van der Waals surface area (Å²) in [5.74, 6) is -1.88. The van der Waals surface area contributed by atoms with Crippen LogP contribution >= 0.6 is 0 Å². The summed E-state index contributed by atoms with van der Waals surface area (Å²) < 4.78 is 11.0. The Morgan fingerprint density at radius 3 is 2.45 bits per heavy atom. The van der Waals surface area contributed by atoms with Crippen molar-refractivity contribution < 1.29 is 24.2 Å². The number of aromatic amines is 2. The monoisotopic (exact) mass is 694 g/mol. The first kappa shape index (κ1) is 36.1. The van der Waals surface area contributed by atoms with Crippen LogP contribution in [0.25, 0.3) is 24.3 Å². The maximum absolute atomic E-state index is 13.5. The molecule has 0 amide bonds. The molecule has 2 fully saturated rings. The van der Waals surface area contributed by atoms with E-state index < -0.39 is 11.9 Å². The predicted molar refractivity (Wildman–Crippen MR) is 202 cm³/mol. The Labute approximate surface area is 301 Å². The minimum atomic E-state index is -0.953. The van der Waals surface area contributed by atoms with Crippen LogP contribution in [0.2, 0.25) is 0 Å². The number of aliphatic hydroxyl groups excluding tert-OH is 1. The molecule has 9 nitrogen and oxygen atoms in total. The topological polar surface area (TPSA) is 128 Å². The van der Waals surface area contributed by atoms with Gasteiger partial charge in [0, 0.05) is 62.9 Å². The van der Waals surface area contributed by atoms with Gasteiger partial charge in [0.2, 0.25) is 0 Å². The van der Waals surface area contributed by atoms with E-state index in [0.29, 0.717) is 6.42 Å². The number of hydrogen-bond donors (Lipinski definition) is 5. The number of H-pyrrole nitrogens is 2. The number of carbonyl (C=O) groups is 2. The molecule has 8 bridgehead atoms. The van der Waals surface area contributed by atoms with Crippen LogP contribution in [0.3, 0.4) is 0 Å². The van der Waals surface area contributed by atoms with E-state index in [2.05, 4.69) is 93.9 Å². The number of aromatic nitrogens is 2. The lowest BCUT2D eigenvalue weighted by Crippen LogP contribution is -2.38. The summed E-state index contributed by atoms with van der Waals surface area (Å²) >= 11 is 0. The Morgan fingerprint density at radius 1 is 1.00 bits per heavy atom. The maximum Gasteiger partial charge on any atom is 0.320 e. The van der Waals surface area contributed by atoms with Gasteiger partial charge in [-0.2, -0.15) is 0 Å². The maximum atomic E-state index is 13.5. The molecule has 2 aromatic heterocycles. The summed E-state index contributed by atoms with van der Waals surface area (Å²) in [5.41, 5.74) is 11.0. The first-order valence-electron chi connectivity index (χ1n) is 18.5. The van der Waals surface area contributed by atoms with Gasteiger partial charge in [-0.1, -0.05) is 52.3 Å². The van der Waals surface area contributed by atoms with Gasteiger partial charge in [0.05, 0.1) is 19.2 Å². The van der Waals surface area contributed by atoms with Crippen LogP contribution < -0.4 is 21.3 Å². The second kappa shape index (κ2) is 14.5. The van der Waals surface area contributed by atoms with Gasteiger partial charge in [-0.05, 0) is 92.5 Å². The van der Waals surface area contributed by atoms with E-state index in [1.165, 1.54) is 23.8 Å². The van der Waals surface area contributed by atoms with Crippen molar-refractivity contribution in [2.24, 2.45) is 23.7 Å². The van der Waals surface area contributed by atoms with Crippen molar-refractivity contribution in [1.29, 1.82) is 0 Å². The third kappa shape index (κ3) is 6.40. The van der Waals surface area contributed by atoms with Gasteiger partial charge in [-0.3, -0.25) is 9.59 Å². The Bertz CT molecular complexity index is 2000.